The molecule has 3 rings (SSSR count). The van der Waals surface area contributed by atoms with E-state index in [9.17, 15) is 9.59 Å². The number of benzene rings is 2. The van der Waals surface area contributed by atoms with Gasteiger partial charge in [0, 0.05) is 24.9 Å². The first-order valence-electron chi connectivity index (χ1n) is 8.71. The third-order valence-electron chi connectivity index (χ3n) is 4.72. The molecule has 4 nitrogen and oxygen atoms in total. The number of ketones is 1. The van der Waals surface area contributed by atoms with Crippen LogP contribution in [0, 0.1) is 0 Å². The third kappa shape index (κ3) is 3.73. The summed E-state index contributed by atoms with van der Waals surface area (Å²) in [5, 5.41) is 0. The van der Waals surface area contributed by atoms with Crippen LogP contribution in [0.15, 0.2) is 42.5 Å². The predicted molar refractivity (Wildman–Crippen MR) is 98.4 cm³/mol. The molecule has 1 aliphatic rings. The van der Waals surface area contributed by atoms with Crippen molar-refractivity contribution in [1.82, 2.24) is 0 Å². The van der Waals surface area contributed by atoms with Crippen LogP contribution in [0.25, 0.3) is 0 Å². The zero-order valence-electron chi connectivity index (χ0n) is 14.7. The number of methoxy groups -OCH3 is 1. The Bertz CT molecular complexity index is 780. The lowest BCUT2D eigenvalue weighted by molar-refractivity contribution is -0.118. The number of carbonyl (C=O) groups excluding carboxylic acids is 2. The molecule has 2 aromatic rings. The zero-order chi connectivity index (χ0) is 17.8. The standard InChI is InChI=1S/C21H23NO3/c1-3-15-4-6-16(7-5-15)8-11-21(24)22-13-12-20(23)18-14-17(25-2)9-10-19(18)22/h4-7,9-10,14H,3,8,11-13H2,1-2H3. The Balaban J connectivity index is 1.72. The molecule has 0 unspecified atom stereocenters. The molecule has 0 saturated carbocycles. The summed E-state index contributed by atoms with van der Waals surface area (Å²) >= 11 is 0. The van der Waals surface area contributed by atoms with Gasteiger partial charge in [0.15, 0.2) is 5.78 Å². The van der Waals surface area contributed by atoms with Gasteiger partial charge < -0.3 is 9.64 Å². The van der Waals surface area contributed by atoms with E-state index in [1.807, 2.05) is 0 Å². The summed E-state index contributed by atoms with van der Waals surface area (Å²) in [4.78, 5) is 26.6. The maximum absolute atomic E-state index is 12.7. The van der Waals surface area contributed by atoms with Gasteiger partial charge in [-0.1, -0.05) is 31.2 Å². The van der Waals surface area contributed by atoms with E-state index < -0.39 is 0 Å². The molecule has 1 amide bonds. The van der Waals surface area contributed by atoms with E-state index >= 15 is 0 Å². The number of fused-ring (bicyclic) bond motifs is 1. The first kappa shape index (κ1) is 17.2. The van der Waals surface area contributed by atoms with Crippen molar-refractivity contribution in [3.63, 3.8) is 0 Å². The average molecular weight is 337 g/mol. The van der Waals surface area contributed by atoms with Gasteiger partial charge in [0.1, 0.15) is 5.75 Å². The molecular weight excluding hydrogens is 314 g/mol. The highest BCUT2D eigenvalue weighted by Crippen LogP contribution is 2.31. The summed E-state index contributed by atoms with van der Waals surface area (Å²) in [5.41, 5.74) is 3.73. The molecular formula is C21H23NO3. The Kier molecular flexibility index (Phi) is 5.17. The lowest BCUT2D eigenvalue weighted by atomic mass is 9.99. The van der Waals surface area contributed by atoms with Crippen molar-refractivity contribution in [1.29, 1.82) is 0 Å². The Hall–Kier alpha value is -2.62. The lowest BCUT2D eigenvalue weighted by Gasteiger charge is -2.29. The molecule has 0 N–H and O–H groups in total. The van der Waals surface area contributed by atoms with Crippen LogP contribution >= 0.6 is 0 Å². The number of hydrogen-bond donors (Lipinski definition) is 0. The molecule has 0 aliphatic carbocycles. The van der Waals surface area contributed by atoms with Crippen molar-refractivity contribution < 1.29 is 14.3 Å². The van der Waals surface area contributed by atoms with E-state index in [2.05, 4.69) is 31.2 Å². The number of Topliss-reactive ketones (excluding diaryl/α,β-unsaturated/α-hetero) is 1. The van der Waals surface area contributed by atoms with Crippen LogP contribution in [-0.4, -0.2) is 25.3 Å². The van der Waals surface area contributed by atoms with Crippen molar-refractivity contribution in [3.8, 4) is 5.75 Å². The maximum atomic E-state index is 12.7. The number of aryl methyl sites for hydroxylation is 2. The zero-order valence-corrected chi connectivity index (χ0v) is 14.7. The summed E-state index contributed by atoms with van der Waals surface area (Å²) in [5.74, 6) is 0.754. The van der Waals surface area contributed by atoms with Crippen molar-refractivity contribution >= 4 is 17.4 Å². The number of carbonyl (C=O) groups is 2. The highest BCUT2D eigenvalue weighted by atomic mass is 16.5. The van der Waals surface area contributed by atoms with Crippen LogP contribution < -0.4 is 9.64 Å². The maximum Gasteiger partial charge on any atom is 0.227 e. The molecule has 0 bridgehead atoms. The van der Waals surface area contributed by atoms with Crippen LogP contribution in [0.2, 0.25) is 0 Å². The minimum Gasteiger partial charge on any atom is -0.497 e. The van der Waals surface area contributed by atoms with Gasteiger partial charge in [-0.05, 0) is 42.2 Å². The van der Waals surface area contributed by atoms with Gasteiger partial charge in [0.25, 0.3) is 0 Å². The highest BCUT2D eigenvalue weighted by molar-refractivity contribution is 6.09. The molecule has 25 heavy (non-hydrogen) atoms. The SMILES string of the molecule is CCc1ccc(CCC(=O)N2CCC(=O)c3cc(OC)ccc32)cc1. The van der Waals surface area contributed by atoms with Gasteiger partial charge in [-0.25, -0.2) is 0 Å². The number of amides is 1. The Morgan fingerprint density at radius 1 is 1.12 bits per heavy atom. The highest BCUT2D eigenvalue weighted by Gasteiger charge is 2.27. The second-order valence-electron chi connectivity index (χ2n) is 6.27. The molecule has 0 radical (unpaired) electrons. The fourth-order valence-corrected chi connectivity index (χ4v) is 3.16. The molecule has 4 heteroatoms. The smallest absolute Gasteiger partial charge is 0.227 e. The monoisotopic (exact) mass is 337 g/mol. The number of nitrogens with zero attached hydrogens (tertiary/aromatic N) is 1. The first-order valence-corrected chi connectivity index (χ1v) is 8.71. The predicted octanol–water partition coefficient (Wildman–Crippen LogP) is 3.81. The number of anilines is 1. The molecule has 0 spiro atoms. The summed E-state index contributed by atoms with van der Waals surface area (Å²) < 4.78 is 5.19. The van der Waals surface area contributed by atoms with E-state index in [4.69, 9.17) is 4.74 Å². The van der Waals surface area contributed by atoms with Crippen LogP contribution in [-0.2, 0) is 17.6 Å². The molecule has 0 fully saturated rings. The fourth-order valence-electron chi connectivity index (χ4n) is 3.16. The van der Waals surface area contributed by atoms with Crippen LogP contribution in [0.3, 0.4) is 0 Å². The van der Waals surface area contributed by atoms with E-state index in [-0.39, 0.29) is 11.7 Å². The number of hydrogen-bond acceptors (Lipinski definition) is 3. The topological polar surface area (TPSA) is 46.6 Å². The molecule has 0 atom stereocenters. The molecule has 1 heterocycles. The third-order valence-corrected chi connectivity index (χ3v) is 4.72. The van der Waals surface area contributed by atoms with Gasteiger partial charge in [-0.2, -0.15) is 0 Å². The Morgan fingerprint density at radius 2 is 1.84 bits per heavy atom. The Labute approximate surface area is 148 Å². The molecule has 0 aromatic heterocycles. The van der Waals surface area contributed by atoms with Crippen LogP contribution in [0.1, 0.15) is 41.3 Å². The summed E-state index contributed by atoms with van der Waals surface area (Å²) in [6.45, 7) is 2.58. The second kappa shape index (κ2) is 7.51. The normalized spacial score (nSPS) is 13.5. The Morgan fingerprint density at radius 3 is 2.52 bits per heavy atom. The van der Waals surface area contributed by atoms with Crippen molar-refractivity contribution in [3.05, 3.63) is 59.2 Å². The quantitative estimate of drug-likeness (QED) is 0.833. The van der Waals surface area contributed by atoms with Crippen LogP contribution in [0.5, 0.6) is 5.75 Å². The van der Waals surface area contributed by atoms with Crippen LogP contribution in [0.4, 0.5) is 5.69 Å². The molecule has 130 valence electrons. The first-order chi connectivity index (χ1) is 12.1. The summed E-state index contributed by atoms with van der Waals surface area (Å²) in [6.07, 6.45) is 2.52. The van der Waals surface area contributed by atoms with E-state index in [0.717, 1.165) is 12.0 Å². The van der Waals surface area contributed by atoms with Gasteiger partial charge in [-0.3, -0.25) is 9.59 Å². The largest absolute Gasteiger partial charge is 0.497 e. The van der Waals surface area contributed by atoms with E-state index in [0.29, 0.717) is 42.8 Å². The van der Waals surface area contributed by atoms with E-state index in [1.165, 1.54) is 5.56 Å². The van der Waals surface area contributed by atoms with Gasteiger partial charge >= 0.3 is 0 Å². The van der Waals surface area contributed by atoms with Gasteiger partial charge in [0.2, 0.25) is 5.91 Å². The number of rotatable bonds is 5. The van der Waals surface area contributed by atoms with Gasteiger partial charge in [0.05, 0.1) is 12.8 Å². The minimum atomic E-state index is 0.0542. The molecule has 2 aromatic carbocycles. The number of ether oxygens (including phenoxy) is 1. The average Bonchev–Trinajstić information content (AvgIpc) is 2.66. The summed E-state index contributed by atoms with van der Waals surface area (Å²) in [6, 6.07) is 13.7. The van der Waals surface area contributed by atoms with Crippen molar-refractivity contribution in [2.75, 3.05) is 18.6 Å². The lowest BCUT2D eigenvalue weighted by Crippen LogP contribution is -2.37. The fraction of sp³-hybridized carbons (Fsp3) is 0.333. The minimum absolute atomic E-state index is 0.0542. The second-order valence-corrected chi connectivity index (χ2v) is 6.27. The van der Waals surface area contributed by atoms with Gasteiger partial charge in [-0.15, -0.1) is 0 Å². The molecule has 1 aliphatic heterocycles. The molecule has 0 saturated heterocycles. The van der Waals surface area contributed by atoms with Crippen molar-refractivity contribution in [2.24, 2.45) is 0 Å². The van der Waals surface area contributed by atoms with E-state index in [1.54, 1.807) is 30.2 Å². The summed E-state index contributed by atoms with van der Waals surface area (Å²) in [7, 11) is 1.57. The van der Waals surface area contributed by atoms with Crippen molar-refractivity contribution in [2.45, 2.75) is 32.6 Å².